The minimum absolute atomic E-state index is 0.0903. The molecule has 0 aliphatic heterocycles. The zero-order valence-electron chi connectivity index (χ0n) is 10.6. The Balaban J connectivity index is 3.21. The second-order valence-corrected chi connectivity index (χ2v) is 4.11. The highest BCUT2D eigenvalue weighted by Gasteiger charge is 2.12. The molecule has 0 saturated heterocycles. The summed E-state index contributed by atoms with van der Waals surface area (Å²) in [5, 5.41) is 0. The number of aliphatic imine (C=N–C) groups is 1. The van der Waals surface area contributed by atoms with Crippen LogP contribution in [0.3, 0.4) is 0 Å². The SMILES string of the molecule is Cc1cc(C)c(N(C)/C(N)=N\C(N)=O)c(C)c1. The van der Waals surface area contributed by atoms with E-state index in [0.29, 0.717) is 0 Å². The highest BCUT2D eigenvalue weighted by molar-refractivity contribution is 6.01. The molecule has 0 aliphatic rings. The van der Waals surface area contributed by atoms with E-state index in [4.69, 9.17) is 11.5 Å². The molecule has 1 aromatic rings. The van der Waals surface area contributed by atoms with Crippen molar-refractivity contribution in [3.63, 3.8) is 0 Å². The second-order valence-electron chi connectivity index (χ2n) is 4.11. The van der Waals surface area contributed by atoms with Crippen molar-refractivity contribution in [1.82, 2.24) is 0 Å². The molecule has 5 nitrogen and oxygen atoms in total. The van der Waals surface area contributed by atoms with Gasteiger partial charge in [0.05, 0.1) is 0 Å². The van der Waals surface area contributed by atoms with Crippen molar-refractivity contribution < 1.29 is 4.79 Å². The van der Waals surface area contributed by atoms with Gasteiger partial charge in [0.2, 0.25) is 5.96 Å². The van der Waals surface area contributed by atoms with Crippen LogP contribution >= 0.6 is 0 Å². The van der Waals surface area contributed by atoms with E-state index >= 15 is 0 Å². The highest BCUT2D eigenvalue weighted by Crippen LogP contribution is 2.25. The normalized spacial score (nSPS) is 11.4. The molecule has 0 radical (unpaired) electrons. The fraction of sp³-hybridized carbons (Fsp3) is 0.333. The number of hydrogen-bond donors (Lipinski definition) is 2. The van der Waals surface area contributed by atoms with Gasteiger partial charge in [-0.3, -0.25) is 0 Å². The molecular weight excluding hydrogens is 216 g/mol. The number of amides is 2. The van der Waals surface area contributed by atoms with Crippen molar-refractivity contribution in [3.8, 4) is 0 Å². The van der Waals surface area contributed by atoms with Crippen LogP contribution in [0.15, 0.2) is 17.1 Å². The van der Waals surface area contributed by atoms with Crippen molar-refractivity contribution in [2.45, 2.75) is 20.8 Å². The minimum Gasteiger partial charge on any atom is -0.369 e. The molecule has 2 amide bonds. The summed E-state index contributed by atoms with van der Waals surface area (Å²) in [7, 11) is 1.76. The molecule has 1 rings (SSSR count). The Hall–Kier alpha value is -2.04. The standard InChI is InChI=1S/C12H18N4O/c1-7-5-8(2)10(9(3)6-7)16(4)11(13)15-12(14)17/h5-6H,1-4H3,(H4,13,14,15,17). The summed E-state index contributed by atoms with van der Waals surface area (Å²) >= 11 is 0. The summed E-state index contributed by atoms with van der Waals surface area (Å²) in [4.78, 5) is 15.9. The van der Waals surface area contributed by atoms with E-state index in [0.717, 1.165) is 16.8 Å². The molecule has 5 heteroatoms. The van der Waals surface area contributed by atoms with Gasteiger partial charge in [-0.05, 0) is 31.9 Å². The van der Waals surface area contributed by atoms with E-state index < -0.39 is 6.03 Å². The molecule has 1 aromatic carbocycles. The van der Waals surface area contributed by atoms with E-state index in [9.17, 15) is 4.79 Å². The maximum atomic E-state index is 10.7. The number of carbonyl (C=O) groups excluding carboxylic acids is 1. The van der Waals surface area contributed by atoms with Crippen LogP contribution in [0.2, 0.25) is 0 Å². The van der Waals surface area contributed by atoms with Gasteiger partial charge in [-0.25, -0.2) is 4.79 Å². The van der Waals surface area contributed by atoms with Gasteiger partial charge in [-0.1, -0.05) is 17.7 Å². The fourth-order valence-corrected chi connectivity index (χ4v) is 2.00. The van der Waals surface area contributed by atoms with Crippen LogP contribution in [0.5, 0.6) is 0 Å². The van der Waals surface area contributed by atoms with Gasteiger partial charge in [0.15, 0.2) is 0 Å². The average Bonchev–Trinajstić information content (AvgIpc) is 2.14. The first-order chi connectivity index (χ1) is 7.82. The lowest BCUT2D eigenvalue weighted by atomic mass is 10.0. The predicted octanol–water partition coefficient (Wildman–Crippen LogP) is 1.44. The molecule has 17 heavy (non-hydrogen) atoms. The van der Waals surface area contributed by atoms with Crippen LogP contribution in [-0.4, -0.2) is 19.0 Å². The lowest BCUT2D eigenvalue weighted by molar-refractivity contribution is 0.256. The first-order valence-electron chi connectivity index (χ1n) is 5.28. The molecule has 0 aliphatic carbocycles. The third-order valence-electron chi connectivity index (χ3n) is 2.54. The third-order valence-corrected chi connectivity index (χ3v) is 2.54. The Labute approximate surface area is 101 Å². The maximum Gasteiger partial charge on any atom is 0.341 e. The molecule has 0 heterocycles. The quantitative estimate of drug-likeness (QED) is 0.569. The summed E-state index contributed by atoms with van der Waals surface area (Å²) < 4.78 is 0. The number of primary amides is 1. The molecule has 0 spiro atoms. The molecule has 0 unspecified atom stereocenters. The number of urea groups is 1. The zero-order valence-corrected chi connectivity index (χ0v) is 10.6. The van der Waals surface area contributed by atoms with Crippen molar-refractivity contribution in [2.24, 2.45) is 16.5 Å². The topological polar surface area (TPSA) is 84.7 Å². The Morgan fingerprint density at radius 2 is 1.65 bits per heavy atom. The molecule has 0 aromatic heterocycles. The van der Waals surface area contributed by atoms with Gasteiger partial charge in [-0.2, -0.15) is 4.99 Å². The molecular formula is C12H18N4O. The largest absolute Gasteiger partial charge is 0.369 e. The summed E-state index contributed by atoms with van der Waals surface area (Å²) in [5.74, 6) is 0.0903. The van der Waals surface area contributed by atoms with Crippen molar-refractivity contribution in [1.29, 1.82) is 0 Å². The van der Waals surface area contributed by atoms with Crippen LogP contribution in [0.1, 0.15) is 16.7 Å². The first kappa shape index (κ1) is 13.0. The Morgan fingerprint density at radius 1 is 1.18 bits per heavy atom. The maximum absolute atomic E-state index is 10.7. The lowest BCUT2D eigenvalue weighted by Crippen LogP contribution is -2.36. The number of hydrogen-bond acceptors (Lipinski definition) is 1. The molecule has 0 saturated carbocycles. The number of benzene rings is 1. The van der Waals surface area contributed by atoms with Gasteiger partial charge in [0, 0.05) is 12.7 Å². The van der Waals surface area contributed by atoms with Gasteiger partial charge < -0.3 is 16.4 Å². The van der Waals surface area contributed by atoms with Gasteiger partial charge in [-0.15, -0.1) is 0 Å². The number of aryl methyl sites for hydroxylation is 3. The summed E-state index contributed by atoms with van der Waals surface area (Å²) in [6, 6.07) is 3.31. The van der Waals surface area contributed by atoms with E-state index in [2.05, 4.69) is 17.1 Å². The summed E-state index contributed by atoms with van der Waals surface area (Å²) in [5.41, 5.74) is 15.0. The van der Waals surface area contributed by atoms with Gasteiger partial charge >= 0.3 is 6.03 Å². The first-order valence-corrected chi connectivity index (χ1v) is 5.28. The number of guanidine groups is 1. The molecule has 0 fully saturated rings. The van der Waals surface area contributed by atoms with E-state index in [1.54, 1.807) is 11.9 Å². The molecule has 0 atom stereocenters. The van der Waals surface area contributed by atoms with E-state index in [-0.39, 0.29) is 5.96 Å². The number of rotatable bonds is 1. The number of anilines is 1. The fourth-order valence-electron chi connectivity index (χ4n) is 2.00. The van der Waals surface area contributed by atoms with E-state index in [1.165, 1.54) is 5.56 Å². The van der Waals surface area contributed by atoms with E-state index in [1.807, 2.05) is 20.8 Å². The Morgan fingerprint density at radius 3 is 2.06 bits per heavy atom. The number of nitrogens with two attached hydrogens (primary N) is 2. The summed E-state index contributed by atoms with van der Waals surface area (Å²) in [6.45, 7) is 6.01. The number of carbonyl (C=O) groups is 1. The molecule has 92 valence electrons. The zero-order chi connectivity index (χ0) is 13.2. The van der Waals surface area contributed by atoms with Crippen molar-refractivity contribution in [2.75, 3.05) is 11.9 Å². The van der Waals surface area contributed by atoms with Crippen LogP contribution in [0.25, 0.3) is 0 Å². The van der Waals surface area contributed by atoms with Crippen LogP contribution < -0.4 is 16.4 Å². The van der Waals surface area contributed by atoms with Crippen LogP contribution in [0.4, 0.5) is 10.5 Å². The Kier molecular flexibility index (Phi) is 3.73. The van der Waals surface area contributed by atoms with Crippen molar-refractivity contribution >= 4 is 17.7 Å². The smallest absolute Gasteiger partial charge is 0.341 e. The molecule has 0 bridgehead atoms. The number of nitrogens with zero attached hydrogens (tertiary/aromatic N) is 2. The van der Waals surface area contributed by atoms with Crippen LogP contribution in [-0.2, 0) is 0 Å². The lowest BCUT2D eigenvalue weighted by Gasteiger charge is -2.22. The second kappa shape index (κ2) is 4.86. The predicted molar refractivity (Wildman–Crippen MR) is 70.3 cm³/mol. The highest BCUT2D eigenvalue weighted by atomic mass is 16.2. The third kappa shape index (κ3) is 2.96. The average molecular weight is 234 g/mol. The monoisotopic (exact) mass is 234 g/mol. The van der Waals surface area contributed by atoms with Crippen molar-refractivity contribution in [3.05, 3.63) is 28.8 Å². The van der Waals surface area contributed by atoms with Gasteiger partial charge in [0.1, 0.15) is 0 Å². The van der Waals surface area contributed by atoms with Gasteiger partial charge in [0.25, 0.3) is 0 Å². The summed E-state index contributed by atoms with van der Waals surface area (Å²) in [6.07, 6.45) is 0. The van der Waals surface area contributed by atoms with Crippen LogP contribution in [0, 0.1) is 20.8 Å². The Bertz CT molecular complexity index is 456. The minimum atomic E-state index is -0.795. The molecule has 4 N–H and O–H groups in total.